The summed E-state index contributed by atoms with van der Waals surface area (Å²) in [4.78, 5) is 25.0. The molecule has 0 bridgehead atoms. The van der Waals surface area contributed by atoms with Crippen molar-refractivity contribution in [3.63, 3.8) is 0 Å². The van der Waals surface area contributed by atoms with Crippen molar-refractivity contribution in [2.75, 3.05) is 24.5 Å². The number of amides is 1. The highest BCUT2D eigenvalue weighted by Crippen LogP contribution is 2.26. The zero-order valence-electron chi connectivity index (χ0n) is 17.4. The number of benzene rings is 1. The zero-order valence-corrected chi connectivity index (χ0v) is 17.4. The maximum absolute atomic E-state index is 14.0. The van der Waals surface area contributed by atoms with Gasteiger partial charge in [0.2, 0.25) is 11.8 Å². The molecule has 0 saturated carbocycles. The molecule has 1 aromatic heterocycles. The molecule has 29 heavy (non-hydrogen) atoms. The highest BCUT2D eigenvalue weighted by molar-refractivity contribution is 5.76. The van der Waals surface area contributed by atoms with E-state index in [1.165, 1.54) is 12.4 Å². The average molecular weight is 400 g/mol. The molecule has 2 heterocycles. The molecular weight excluding hydrogens is 371 g/mol. The second-order valence-electron chi connectivity index (χ2n) is 7.59. The van der Waals surface area contributed by atoms with Gasteiger partial charge < -0.3 is 14.5 Å². The summed E-state index contributed by atoms with van der Waals surface area (Å²) in [5.74, 6) is 0.954. The molecule has 1 aromatic carbocycles. The molecule has 7 heteroatoms. The van der Waals surface area contributed by atoms with Crippen LogP contribution in [-0.2, 0) is 4.79 Å². The van der Waals surface area contributed by atoms with Crippen molar-refractivity contribution >= 4 is 11.7 Å². The van der Waals surface area contributed by atoms with E-state index in [0.717, 1.165) is 24.8 Å². The Bertz CT molecular complexity index is 845. The largest absolute Gasteiger partial charge is 0.436 e. The van der Waals surface area contributed by atoms with E-state index < -0.39 is 5.82 Å². The molecule has 2 aromatic rings. The summed E-state index contributed by atoms with van der Waals surface area (Å²) in [6.45, 7) is 8.12. The third-order valence-electron chi connectivity index (χ3n) is 5.19. The van der Waals surface area contributed by atoms with Crippen molar-refractivity contribution in [2.24, 2.45) is 0 Å². The monoisotopic (exact) mass is 400 g/mol. The van der Waals surface area contributed by atoms with Crippen molar-refractivity contribution in [3.8, 4) is 11.6 Å². The normalized spacial score (nSPS) is 16.8. The number of piperazine rings is 1. The predicted octanol–water partition coefficient (Wildman–Crippen LogP) is 4.33. The van der Waals surface area contributed by atoms with Gasteiger partial charge in [0, 0.05) is 38.2 Å². The lowest BCUT2D eigenvalue weighted by molar-refractivity contribution is -0.133. The number of rotatable bonds is 7. The van der Waals surface area contributed by atoms with Crippen LogP contribution in [0.1, 0.15) is 45.1 Å². The molecule has 0 radical (unpaired) electrons. The van der Waals surface area contributed by atoms with Crippen LogP contribution in [0.3, 0.4) is 0 Å². The summed E-state index contributed by atoms with van der Waals surface area (Å²) in [5, 5.41) is 0. The predicted molar refractivity (Wildman–Crippen MR) is 111 cm³/mol. The first kappa shape index (κ1) is 21.0. The van der Waals surface area contributed by atoms with Gasteiger partial charge in [-0.1, -0.05) is 25.8 Å². The maximum Gasteiger partial charge on any atom is 0.224 e. The van der Waals surface area contributed by atoms with E-state index in [1.807, 2.05) is 11.8 Å². The summed E-state index contributed by atoms with van der Waals surface area (Å²) in [6, 6.07) is 6.53. The fraction of sp³-hybridized carbons (Fsp3) is 0.500. The van der Waals surface area contributed by atoms with E-state index in [4.69, 9.17) is 4.74 Å². The van der Waals surface area contributed by atoms with Gasteiger partial charge >= 0.3 is 0 Å². The highest BCUT2D eigenvalue weighted by Gasteiger charge is 2.28. The standard InChI is InChI=1S/C22H29FN4O2/c1-4-5-6-7-22(28)27-11-10-26(14-17(27)3)20-13-21(25-15-24-20)29-19-12-16(2)8-9-18(19)23/h8-9,12-13,15,17H,4-7,10-11,14H2,1-3H3. The minimum absolute atomic E-state index is 0.103. The Morgan fingerprint density at radius 2 is 2.07 bits per heavy atom. The van der Waals surface area contributed by atoms with E-state index in [9.17, 15) is 9.18 Å². The molecule has 1 aliphatic heterocycles. The van der Waals surface area contributed by atoms with Crippen LogP contribution in [0.4, 0.5) is 10.2 Å². The molecule has 1 atom stereocenters. The number of halogens is 1. The average Bonchev–Trinajstić information content (AvgIpc) is 2.71. The lowest BCUT2D eigenvalue weighted by atomic mass is 10.1. The number of ether oxygens (including phenoxy) is 1. The topological polar surface area (TPSA) is 58.6 Å². The molecule has 0 spiro atoms. The number of aromatic nitrogens is 2. The molecule has 0 N–H and O–H groups in total. The van der Waals surface area contributed by atoms with Gasteiger partial charge in [-0.2, -0.15) is 0 Å². The van der Waals surface area contributed by atoms with E-state index >= 15 is 0 Å². The first-order valence-electron chi connectivity index (χ1n) is 10.3. The van der Waals surface area contributed by atoms with Crippen molar-refractivity contribution in [1.29, 1.82) is 0 Å². The molecule has 0 aliphatic carbocycles. The molecule has 1 aliphatic rings. The summed E-state index contributed by atoms with van der Waals surface area (Å²) in [5.41, 5.74) is 0.907. The summed E-state index contributed by atoms with van der Waals surface area (Å²) in [7, 11) is 0. The van der Waals surface area contributed by atoms with Crippen LogP contribution in [0.5, 0.6) is 11.6 Å². The number of carbonyl (C=O) groups is 1. The van der Waals surface area contributed by atoms with Crippen LogP contribution in [0, 0.1) is 12.7 Å². The highest BCUT2D eigenvalue weighted by atomic mass is 19.1. The van der Waals surface area contributed by atoms with E-state index in [-0.39, 0.29) is 17.7 Å². The number of nitrogens with zero attached hydrogens (tertiary/aromatic N) is 4. The third-order valence-corrected chi connectivity index (χ3v) is 5.19. The first-order valence-corrected chi connectivity index (χ1v) is 10.3. The van der Waals surface area contributed by atoms with Crippen molar-refractivity contribution in [1.82, 2.24) is 14.9 Å². The van der Waals surface area contributed by atoms with Gasteiger partial charge in [-0.3, -0.25) is 4.79 Å². The molecule has 3 rings (SSSR count). The fourth-order valence-electron chi connectivity index (χ4n) is 3.57. The lowest BCUT2D eigenvalue weighted by Gasteiger charge is -2.40. The number of carbonyl (C=O) groups excluding carboxylic acids is 1. The Morgan fingerprint density at radius 1 is 1.24 bits per heavy atom. The minimum Gasteiger partial charge on any atom is -0.436 e. The van der Waals surface area contributed by atoms with E-state index in [1.54, 1.807) is 18.2 Å². The number of aryl methyl sites for hydroxylation is 1. The van der Waals surface area contributed by atoms with Gasteiger partial charge in [-0.05, 0) is 38.0 Å². The zero-order chi connectivity index (χ0) is 20.8. The molecule has 1 amide bonds. The van der Waals surface area contributed by atoms with Gasteiger partial charge in [0.25, 0.3) is 0 Å². The first-order chi connectivity index (χ1) is 14.0. The summed E-state index contributed by atoms with van der Waals surface area (Å²) in [6.07, 6.45) is 5.19. The molecular formula is C22H29FN4O2. The van der Waals surface area contributed by atoms with Crippen LogP contribution in [0.25, 0.3) is 0 Å². The second-order valence-corrected chi connectivity index (χ2v) is 7.59. The van der Waals surface area contributed by atoms with Crippen molar-refractivity contribution < 1.29 is 13.9 Å². The molecule has 1 saturated heterocycles. The van der Waals surface area contributed by atoms with Crippen molar-refractivity contribution in [2.45, 2.75) is 52.5 Å². The lowest BCUT2D eigenvalue weighted by Crippen LogP contribution is -2.54. The van der Waals surface area contributed by atoms with Gasteiger partial charge in [-0.15, -0.1) is 0 Å². The van der Waals surface area contributed by atoms with Crippen LogP contribution in [0.2, 0.25) is 0 Å². The molecule has 6 nitrogen and oxygen atoms in total. The van der Waals surface area contributed by atoms with E-state index in [0.29, 0.717) is 37.8 Å². The SMILES string of the molecule is CCCCCC(=O)N1CCN(c2cc(Oc3cc(C)ccc3F)ncn2)CC1C. The van der Waals surface area contributed by atoms with Gasteiger partial charge in [-0.25, -0.2) is 14.4 Å². The summed E-state index contributed by atoms with van der Waals surface area (Å²) < 4.78 is 19.6. The Morgan fingerprint density at radius 3 is 2.83 bits per heavy atom. The molecule has 1 unspecified atom stereocenters. The van der Waals surface area contributed by atoms with Gasteiger partial charge in [0.15, 0.2) is 11.6 Å². The second kappa shape index (κ2) is 9.67. The number of hydrogen-bond donors (Lipinski definition) is 0. The minimum atomic E-state index is -0.431. The molecule has 156 valence electrons. The third kappa shape index (κ3) is 5.43. The Balaban J connectivity index is 1.64. The Labute approximate surface area is 171 Å². The van der Waals surface area contributed by atoms with Crippen LogP contribution in [0.15, 0.2) is 30.6 Å². The van der Waals surface area contributed by atoms with Crippen molar-refractivity contribution in [3.05, 3.63) is 42.0 Å². The summed E-state index contributed by atoms with van der Waals surface area (Å²) >= 11 is 0. The number of anilines is 1. The Kier molecular flexibility index (Phi) is 7.01. The van der Waals surface area contributed by atoms with Gasteiger partial charge in [0.05, 0.1) is 0 Å². The number of hydrogen-bond acceptors (Lipinski definition) is 5. The quantitative estimate of drug-likeness (QED) is 0.648. The van der Waals surface area contributed by atoms with Crippen LogP contribution < -0.4 is 9.64 Å². The van der Waals surface area contributed by atoms with Gasteiger partial charge in [0.1, 0.15) is 12.1 Å². The van der Waals surface area contributed by atoms with E-state index in [2.05, 4.69) is 28.7 Å². The number of unbranched alkanes of at least 4 members (excludes halogenated alkanes) is 2. The molecule has 1 fully saturated rings. The van der Waals surface area contributed by atoms with Crippen LogP contribution in [-0.4, -0.2) is 46.5 Å². The van der Waals surface area contributed by atoms with Crippen LogP contribution >= 0.6 is 0 Å². The fourth-order valence-corrected chi connectivity index (χ4v) is 3.57. The smallest absolute Gasteiger partial charge is 0.224 e. The maximum atomic E-state index is 14.0. The Hall–Kier alpha value is -2.70.